The second kappa shape index (κ2) is 3.84. The van der Waals surface area contributed by atoms with Gasteiger partial charge >= 0.3 is 0 Å². The molecule has 0 N–H and O–H groups in total. The van der Waals surface area contributed by atoms with Crippen molar-refractivity contribution in [3.05, 3.63) is 35.0 Å². The van der Waals surface area contributed by atoms with Gasteiger partial charge in [-0.2, -0.15) is 0 Å². The van der Waals surface area contributed by atoms with Gasteiger partial charge in [0.15, 0.2) is 0 Å². The van der Waals surface area contributed by atoms with Crippen LogP contribution in [0.1, 0.15) is 23.2 Å². The van der Waals surface area contributed by atoms with Gasteiger partial charge in [0.05, 0.1) is 12.6 Å². The Morgan fingerprint density at radius 3 is 2.94 bits per heavy atom. The summed E-state index contributed by atoms with van der Waals surface area (Å²) < 4.78 is 5.25. The highest BCUT2D eigenvalue weighted by Gasteiger charge is 2.12. The maximum Gasteiger partial charge on any atom is 0.235 e. The molecule has 86 valence electrons. The van der Waals surface area contributed by atoms with Crippen LogP contribution in [-0.4, -0.2) is 17.1 Å². The molecule has 0 unspecified atom stereocenters. The van der Waals surface area contributed by atoms with Crippen LogP contribution in [0.25, 0.3) is 17.1 Å². The van der Waals surface area contributed by atoms with Crippen LogP contribution in [0.4, 0.5) is 0 Å². The third-order valence-electron chi connectivity index (χ3n) is 3.16. The van der Waals surface area contributed by atoms with E-state index >= 15 is 0 Å². The number of rotatable bonds is 1. The van der Waals surface area contributed by atoms with Crippen LogP contribution in [0.5, 0.6) is 5.88 Å². The van der Waals surface area contributed by atoms with Gasteiger partial charge in [-0.05, 0) is 31.4 Å². The molecular weight excluding hydrogens is 212 g/mol. The van der Waals surface area contributed by atoms with Crippen molar-refractivity contribution in [3.63, 3.8) is 0 Å². The molecule has 1 heterocycles. The number of nitrogens with zero attached hydrogens (tertiary/aromatic N) is 2. The van der Waals surface area contributed by atoms with E-state index in [4.69, 9.17) is 4.74 Å². The lowest BCUT2D eigenvalue weighted by Gasteiger charge is -2.13. The molecule has 3 rings (SSSR count). The molecule has 0 spiro atoms. The summed E-state index contributed by atoms with van der Waals surface area (Å²) in [7, 11) is 1.63. The molecule has 1 aromatic heterocycles. The number of hydrogen-bond donors (Lipinski definition) is 0. The number of ether oxygens (including phenoxy) is 1. The minimum Gasteiger partial charge on any atom is -0.480 e. The van der Waals surface area contributed by atoms with Crippen molar-refractivity contribution in [1.82, 2.24) is 9.97 Å². The lowest BCUT2D eigenvalue weighted by molar-refractivity contribution is 0.394. The fraction of sp³-hybridized carbons (Fsp3) is 0.286. The Kier molecular flexibility index (Phi) is 2.32. The van der Waals surface area contributed by atoms with Gasteiger partial charge in [-0.15, -0.1) is 0 Å². The summed E-state index contributed by atoms with van der Waals surface area (Å²) in [6.07, 6.45) is 6.52. The third kappa shape index (κ3) is 1.58. The van der Waals surface area contributed by atoms with Gasteiger partial charge in [-0.3, -0.25) is 0 Å². The summed E-state index contributed by atoms with van der Waals surface area (Å²) in [5.74, 6) is 0.616. The van der Waals surface area contributed by atoms with Crippen LogP contribution in [0.2, 0.25) is 0 Å². The highest BCUT2D eigenvalue weighted by molar-refractivity contribution is 5.87. The molecule has 2 aromatic rings. The molecule has 0 amide bonds. The molecule has 3 heteroatoms. The highest BCUT2D eigenvalue weighted by atomic mass is 16.5. The second-order valence-corrected chi connectivity index (χ2v) is 4.27. The van der Waals surface area contributed by atoms with Crippen LogP contribution in [0.3, 0.4) is 0 Å². The first-order valence-corrected chi connectivity index (χ1v) is 5.80. The average molecular weight is 226 g/mol. The normalized spacial score (nSPS) is 13.8. The fourth-order valence-corrected chi connectivity index (χ4v) is 2.29. The molecule has 1 aliphatic rings. The summed E-state index contributed by atoms with van der Waals surface area (Å²) >= 11 is 0. The minimum absolute atomic E-state index is 0.616. The SMILES string of the molecule is COc1nc2c3c(ccc2nc1C)CCC=C3. The van der Waals surface area contributed by atoms with Crippen LogP contribution in [0.15, 0.2) is 18.2 Å². The molecule has 0 saturated carbocycles. The minimum atomic E-state index is 0.616. The summed E-state index contributed by atoms with van der Waals surface area (Å²) in [5.41, 5.74) is 5.26. The first-order valence-electron chi connectivity index (χ1n) is 5.80. The van der Waals surface area contributed by atoms with E-state index in [1.807, 2.05) is 13.0 Å². The first-order chi connectivity index (χ1) is 8.29. The topological polar surface area (TPSA) is 35.0 Å². The van der Waals surface area contributed by atoms with Crippen molar-refractivity contribution in [1.29, 1.82) is 0 Å². The van der Waals surface area contributed by atoms with Gasteiger partial charge < -0.3 is 4.74 Å². The Morgan fingerprint density at radius 2 is 2.12 bits per heavy atom. The van der Waals surface area contributed by atoms with Crippen molar-refractivity contribution in [2.45, 2.75) is 19.8 Å². The molecule has 0 bridgehead atoms. The van der Waals surface area contributed by atoms with Crippen molar-refractivity contribution in [3.8, 4) is 5.88 Å². The number of methoxy groups -OCH3 is 1. The largest absolute Gasteiger partial charge is 0.480 e. The van der Waals surface area contributed by atoms with Crippen molar-refractivity contribution in [2.24, 2.45) is 0 Å². The van der Waals surface area contributed by atoms with E-state index in [-0.39, 0.29) is 0 Å². The molecule has 0 aliphatic heterocycles. The Morgan fingerprint density at radius 1 is 1.24 bits per heavy atom. The molecule has 1 aromatic carbocycles. The van der Waals surface area contributed by atoms with Gasteiger partial charge in [0.25, 0.3) is 0 Å². The van der Waals surface area contributed by atoms with Crippen molar-refractivity contribution in [2.75, 3.05) is 7.11 Å². The van der Waals surface area contributed by atoms with E-state index in [0.717, 1.165) is 29.6 Å². The monoisotopic (exact) mass is 226 g/mol. The Balaban J connectivity index is 2.35. The molecular formula is C14H14N2O. The zero-order valence-electron chi connectivity index (χ0n) is 10.0. The number of benzene rings is 1. The smallest absolute Gasteiger partial charge is 0.235 e. The molecule has 0 saturated heterocycles. The molecule has 0 atom stereocenters. The van der Waals surface area contributed by atoms with Crippen molar-refractivity contribution >= 4 is 17.1 Å². The number of hydrogen-bond acceptors (Lipinski definition) is 3. The van der Waals surface area contributed by atoms with E-state index in [1.165, 1.54) is 11.1 Å². The quantitative estimate of drug-likeness (QED) is 0.750. The van der Waals surface area contributed by atoms with Gasteiger partial charge in [-0.25, -0.2) is 9.97 Å². The van der Waals surface area contributed by atoms with Crippen molar-refractivity contribution < 1.29 is 4.74 Å². The predicted octanol–water partition coefficient (Wildman–Crippen LogP) is 2.91. The summed E-state index contributed by atoms with van der Waals surface area (Å²) in [6, 6.07) is 4.20. The maximum absolute atomic E-state index is 5.25. The van der Waals surface area contributed by atoms with Gasteiger partial charge in [-0.1, -0.05) is 18.2 Å². The van der Waals surface area contributed by atoms with Crippen LogP contribution >= 0.6 is 0 Å². The van der Waals surface area contributed by atoms with E-state index in [9.17, 15) is 0 Å². The third-order valence-corrected chi connectivity index (χ3v) is 3.16. The number of aromatic nitrogens is 2. The fourth-order valence-electron chi connectivity index (χ4n) is 2.29. The van der Waals surface area contributed by atoms with Crippen LogP contribution in [0, 0.1) is 6.92 Å². The lowest BCUT2D eigenvalue weighted by Crippen LogP contribution is -2.01. The zero-order chi connectivity index (χ0) is 11.8. The molecule has 0 radical (unpaired) electrons. The van der Waals surface area contributed by atoms with Gasteiger partial charge in [0.1, 0.15) is 11.2 Å². The molecule has 3 nitrogen and oxygen atoms in total. The van der Waals surface area contributed by atoms with E-state index in [2.05, 4.69) is 28.2 Å². The predicted molar refractivity (Wildman–Crippen MR) is 68.2 cm³/mol. The second-order valence-electron chi connectivity index (χ2n) is 4.27. The van der Waals surface area contributed by atoms with E-state index < -0.39 is 0 Å². The van der Waals surface area contributed by atoms with E-state index in [1.54, 1.807) is 7.11 Å². The van der Waals surface area contributed by atoms with Crippen LogP contribution < -0.4 is 4.74 Å². The first kappa shape index (κ1) is 10.3. The number of aryl methyl sites for hydroxylation is 2. The van der Waals surface area contributed by atoms with Crippen LogP contribution in [-0.2, 0) is 6.42 Å². The summed E-state index contributed by atoms with van der Waals surface area (Å²) in [6.45, 7) is 1.92. The summed E-state index contributed by atoms with van der Waals surface area (Å²) in [5, 5.41) is 0. The highest BCUT2D eigenvalue weighted by Crippen LogP contribution is 2.28. The average Bonchev–Trinajstić information content (AvgIpc) is 2.37. The Bertz CT molecular complexity index is 617. The van der Waals surface area contributed by atoms with Gasteiger partial charge in [0.2, 0.25) is 5.88 Å². The molecule has 0 fully saturated rings. The Hall–Kier alpha value is -1.90. The Labute approximate surface area is 100 Å². The van der Waals surface area contributed by atoms with Gasteiger partial charge in [0, 0.05) is 5.56 Å². The zero-order valence-corrected chi connectivity index (χ0v) is 10.0. The maximum atomic E-state index is 5.25. The summed E-state index contributed by atoms with van der Waals surface area (Å²) in [4.78, 5) is 9.10. The van der Waals surface area contributed by atoms with E-state index in [0.29, 0.717) is 5.88 Å². The molecule has 17 heavy (non-hydrogen) atoms. The molecule has 1 aliphatic carbocycles. The standard InChI is InChI=1S/C14H14N2O/c1-9-14(17-2)16-13-11-6-4-3-5-10(11)7-8-12(13)15-9/h4,6-8H,3,5H2,1-2H3. The lowest BCUT2D eigenvalue weighted by atomic mass is 9.96. The number of fused-ring (bicyclic) bond motifs is 3. The number of allylic oxidation sites excluding steroid dienone is 1.